The number of nitrogens with two attached hydrogens (primary N) is 1. The van der Waals surface area contributed by atoms with Gasteiger partial charge in [-0.2, -0.15) is 0 Å². The summed E-state index contributed by atoms with van der Waals surface area (Å²) < 4.78 is 36.1. The minimum Gasteiger partial charge on any atom is -0.493 e. The van der Waals surface area contributed by atoms with E-state index in [4.69, 9.17) is 15.2 Å². The van der Waals surface area contributed by atoms with E-state index in [-0.39, 0.29) is 41.5 Å². The number of nitrogens with zero attached hydrogens (tertiary/aromatic N) is 1. The van der Waals surface area contributed by atoms with Gasteiger partial charge in [-0.15, -0.1) is 12.4 Å². The Bertz CT molecular complexity index is 742. The number of hydrogen-bond acceptors (Lipinski definition) is 6. The van der Waals surface area contributed by atoms with E-state index < -0.39 is 10.0 Å². The van der Waals surface area contributed by atoms with Crippen molar-refractivity contribution in [1.82, 2.24) is 4.90 Å². The fraction of sp³-hybridized carbons (Fsp3) is 0.562. The third-order valence-electron chi connectivity index (χ3n) is 4.18. The summed E-state index contributed by atoms with van der Waals surface area (Å²) in [6, 6.07) is 3.00. The molecular formula is C16H26ClN3O5S. The molecule has 1 aliphatic rings. The summed E-state index contributed by atoms with van der Waals surface area (Å²) in [7, 11) is -0.713. The summed E-state index contributed by atoms with van der Waals surface area (Å²) in [5.41, 5.74) is 6.28. The molecule has 10 heteroatoms. The molecule has 1 amide bonds. The Morgan fingerprint density at radius 3 is 2.54 bits per heavy atom. The molecule has 0 saturated carbocycles. The van der Waals surface area contributed by atoms with Crippen molar-refractivity contribution in [2.75, 3.05) is 38.3 Å². The molecule has 148 valence electrons. The summed E-state index contributed by atoms with van der Waals surface area (Å²) in [5, 5.41) is 0. The van der Waals surface area contributed by atoms with E-state index >= 15 is 0 Å². The maximum Gasteiger partial charge on any atom is 0.254 e. The number of benzene rings is 1. The number of rotatable bonds is 6. The van der Waals surface area contributed by atoms with Crippen molar-refractivity contribution < 1.29 is 22.7 Å². The monoisotopic (exact) mass is 407 g/mol. The Kier molecular flexibility index (Phi) is 7.98. The molecule has 1 saturated heterocycles. The third-order valence-corrected chi connectivity index (χ3v) is 4.77. The van der Waals surface area contributed by atoms with Crippen molar-refractivity contribution >= 4 is 34.0 Å². The lowest BCUT2D eigenvalue weighted by Gasteiger charge is -2.35. The third kappa shape index (κ3) is 5.15. The maximum absolute atomic E-state index is 13.0. The van der Waals surface area contributed by atoms with Gasteiger partial charge in [0.25, 0.3) is 5.91 Å². The fourth-order valence-electron chi connectivity index (χ4n) is 3.04. The van der Waals surface area contributed by atoms with E-state index in [9.17, 15) is 13.2 Å². The molecule has 0 bridgehead atoms. The van der Waals surface area contributed by atoms with Crippen molar-refractivity contribution in [3.63, 3.8) is 0 Å². The number of hydrogen-bond donors (Lipinski definition) is 2. The van der Waals surface area contributed by atoms with Gasteiger partial charge in [-0.1, -0.05) is 0 Å². The summed E-state index contributed by atoms with van der Waals surface area (Å²) in [5.74, 6) is 0.298. The van der Waals surface area contributed by atoms with Gasteiger partial charge in [0.15, 0.2) is 11.5 Å². The Hall–Kier alpha value is -1.71. The van der Waals surface area contributed by atoms with Crippen LogP contribution in [0.15, 0.2) is 12.1 Å². The molecule has 26 heavy (non-hydrogen) atoms. The van der Waals surface area contributed by atoms with Crippen LogP contribution in [0.4, 0.5) is 5.69 Å². The van der Waals surface area contributed by atoms with Crippen LogP contribution >= 0.6 is 12.4 Å². The molecule has 2 rings (SSSR count). The molecule has 0 spiro atoms. The highest BCUT2D eigenvalue weighted by Crippen LogP contribution is 2.37. The van der Waals surface area contributed by atoms with Crippen molar-refractivity contribution in [3.8, 4) is 11.5 Å². The quantitative estimate of drug-likeness (QED) is 0.738. The minimum atomic E-state index is -3.55. The Morgan fingerprint density at radius 2 is 2.00 bits per heavy atom. The number of piperidine rings is 1. The Labute approximate surface area is 160 Å². The van der Waals surface area contributed by atoms with E-state index in [1.54, 1.807) is 11.0 Å². The molecule has 8 nitrogen and oxygen atoms in total. The molecule has 1 heterocycles. The SMILES string of the molecule is COc1cc(C(=O)N2CCCCC2CN)cc(NS(C)(=O)=O)c1OC.Cl. The fourth-order valence-corrected chi connectivity index (χ4v) is 3.59. The number of carbonyl (C=O) groups excluding carboxylic acids is 1. The van der Waals surface area contributed by atoms with Crippen LogP contribution in [-0.4, -0.2) is 58.8 Å². The highest BCUT2D eigenvalue weighted by molar-refractivity contribution is 7.92. The van der Waals surface area contributed by atoms with Crippen LogP contribution in [0, 0.1) is 0 Å². The second kappa shape index (κ2) is 9.29. The smallest absolute Gasteiger partial charge is 0.254 e. The van der Waals surface area contributed by atoms with Crippen LogP contribution in [0.25, 0.3) is 0 Å². The number of methoxy groups -OCH3 is 2. The maximum atomic E-state index is 13.0. The largest absolute Gasteiger partial charge is 0.493 e. The number of sulfonamides is 1. The minimum absolute atomic E-state index is 0. The zero-order chi connectivity index (χ0) is 18.6. The molecule has 1 unspecified atom stereocenters. The van der Waals surface area contributed by atoms with Crippen LogP contribution in [0.1, 0.15) is 29.6 Å². The van der Waals surface area contributed by atoms with Gasteiger partial charge in [-0.05, 0) is 31.4 Å². The molecule has 0 radical (unpaired) electrons. The van der Waals surface area contributed by atoms with Gasteiger partial charge in [-0.25, -0.2) is 8.42 Å². The summed E-state index contributed by atoms with van der Waals surface area (Å²) >= 11 is 0. The van der Waals surface area contributed by atoms with Gasteiger partial charge in [0.2, 0.25) is 10.0 Å². The molecule has 3 N–H and O–H groups in total. The van der Waals surface area contributed by atoms with E-state index in [2.05, 4.69) is 4.72 Å². The lowest BCUT2D eigenvalue weighted by Crippen LogP contribution is -2.47. The molecule has 1 fully saturated rings. The van der Waals surface area contributed by atoms with Gasteiger partial charge >= 0.3 is 0 Å². The number of ether oxygens (including phenoxy) is 2. The Balaban J connectivity index is 0.00000338. The lowest BCUT2D eigenvalue weighted by molar-refractivity contribution is 0.0623. The normalized spacial score (nSPS) is 17.2. The highest BCUT2D eigenvalue weighted by atomic mass is 35.5. The molecular weight excluding hydrogens is 382 g/mol. The van der Waals surface area contributed by atoms with Crippen molar-refractivity contribution in [2.24, 2.45) is 5.73 Å². The number of halogens is 1. The summed E-state index contributed by atoms with van der Waals surface area (Å²) in [4.78, 5) is 14.7. The Morgan fingerprint density at radius 1 is 1.31 bits per heavy atom. The standard InChI is InChI=1S/C16H25N3O5S.ClH/c1-23-14-9-11(8-13(15(14)24-2)18-25(3,21)22)16(20)19-7-5-4-6-12(19)10-17;/h8-9,12,18H,4-7,10,17H2,1-3H3;1H. The average molecular weight is 408 g/mol. The predicted octanol–water partition coefficient (Wildman–Crippen LogP) is 1.45. The topological polar surface area (TPSA) is 111 Å². The summed E-state index contributed by atoms with van der Waals surface area (Å²) in [6.07, 6.45) is 3.86. The van der Waals surface area contributed by atoms with Crippen molar-refractivity contribution in [1.29, 1.82) is 0 Å². The zero-order valence-electron chi connectivity index (χ0n) is 15.1. The van der Waals surface area contributed by atoms with Crippen LogP contribution in [0.2, 0.25) is 0 Å². The van der Waals surface area contributed by atoms with Crippen molar-refractivity contribution in [3.05, 3.63) is 17.7 Å². The number of carbonyl (C=O) groups is 1. The van der Waals surface area contributed by atoms with Crippen LogP contribution in [0.5, 0.6) is 11.5 Å². The van der Waals surface area contributed by atoms with Gasteiger partial charge in [0.1, 0.15) is 0 Å². The zero-order valence-corrected chi connectivity index (χ0v) is 16.8. The highest BCUT2D eigenvalue weighted by Gasteiger charge is 2.28. The number of anilines is 1. The molecule has 0 aliphatic carbocycles. The van der Waals surface area contributed by atoms with E-state index in [0.29, 0.717) is 18.7 Å². The number of nitrogens with one attached hydrogen (secondary N) is 1. The summed E-state index contributed by atoms with van der Waals surface area (Å²) in [6.45, 7) is 1.03. The first-order valence-corrected chi connectivity index (χ1v) is 9.94. The molecule has 1 atom stereocenters. The second-order valence-electron chi connectivity index (χ2n) is 6.02. The van der Waals surface area contributed by atoms with E-state index in [0.717, 1.165) is 25.5 Å². The van der Waals surface area contributed by atoms with E-state index in [1.165, 1.54) is 20.3 Å². The van der Waals surface area contributed by atoms with Gasteiger partial charge < -0.3 is 20.1 Å². The van der Waals surface area contributed by atoms with Gasteiger partial charge in [0, 0.05) is 24.7 Å². The van der Waals surface area contributed by atoms with Crippen molar-refractivity contribution in [2.45, 2.75) is 25.3 Å². The first-order valence-electron chi connectivity index (χ1n) is 8.05. The number of likely N-dealkylation sites (tertiary alicyclic amines) is 1. The predicted molar refractivity (Wildman–Crippen MR) is 103 cm³/mol. The van der Waals surface area contributed by atoms with Gasteiger partial charge in [0.05, 0.1) is 26.2 Å². The van der Waals surface area contributed by atoms with Crippen LogP contribution in [-0.2, 0) is 10.0 Å². The average Bonchev–Trinajstić information content (AvgIpc) is 2.58. The lowest BCUT2D eigenvalue weighted by atomic mass is 10.0. The molecule has 1 aliphatic heterocycles. The first kappa shape index (κ1) is 22.3. The van der Waals surface area contributed by atoms with Gasteiger partial charge in [-0.3, -0.25) is 9.52 Å². The first-order chi connectivity index (χ1) is 11.8. The van der Waals surface area contributed by atoms with E-state index in [1.807, 2.05) is 0 Å². The second-order valence-corrected chi connectivity index (χ2v) is 7.77. The molecule has 1 aromatic carbocycles. The molecule has 0 aromatic heterocycles. The van der Waals surface area contributed by atoms with Crippen LogP contribution in [0.3, 0.4) is 0 Å². The number of amides is 1. The molecule has 1 aromatic rings. The van der Waals surface area contributed by atoms with Crippen LogP contribution < -0.4 is 19.9 Å².